The van der Waals surface area contributed by atoms with Crippen LogP contribution in [-0.4, -0.2) is 48.2 Å². The highest BCUT2D eigenvalue weighted by molar-refractivity contribution is 7.22. The Kier molecular flexibility index (Phi) is 7.33. The average Bonchev–Trinajstić information content (AvgIpc) is 3.36. The van der Waals surface area contributed by atoms with Crippen LogP contribution in [0.25, 0.3) is 20.4 Å². The first-order valence-electron chi connectivity index (χ1n) is 10.3. The van der Waals surface area contributed by atoms with Gasteiger partial charge in [-0.15, -0.1) is 0 Å². The van der Waals surface area contributed by atoms with Crippen LogP contribution in [0.4, 0.5) is 10.3 Å². The molecule has 9 nitrogen and oxygen atoms in total. The van der Waals surface area contributed by atoms with Crippen molar-refractivity contribution >= 4 is 65.2 Å². The molecule has 0 aliphatic rings. The maximum atomic E-state index is 12.2. The Morgan fingerprint density at radius 2 is 1.24 bits per heavy atom. The summed E-state index contributed by atoms with van der Waals surface area (Å²) >= 11 is 2.68. The largest absolute Gasteiger partial charge is 0.494 e. The van der Waals surface area contributed by atoms with Gasteiger partial charge in [0.2, 0.25) is 0 Å². The van der Waals surface area contributed by atoms with Gasteiger partial charge in [0.15, 0.2) is 10.3 Å². The molecule has 0 radical (unpaired) electrons. The molecule has 0 bridgehead atoms. The minimum absolute atomic E-state index is 0.273. The topological polar surface area (TPSA) is 112 Å². The van der Waals surface area contributed by atoms with Crippen LogP contribution in [0, 0.1) is 0 Å². The molecular weight excluding hydrogens is 464 g/mol. The maximum absolute atomic E-state index is 12.2. The number of thiazole rings is 2. The summed E-state index contributed by atoms with van der Waals surface area (Å²) in [4.78, 5) is 33.0. The van der Waals surface area contributed by atoms with E-state index in [0.29, 0.717) is 23.5 Å². The lowest BCUT2D eigenvalue weighted by molar-refractivity contribution is -0.125. The molecule has 0 unspecified atom stereocenters. The fourth-order valence-corrected chi connectivity index (χ4v) is 4.80. The number of hydrogen-bond donors (Lipinski definition) is 2. The molecule has 0 fully saturated rings. The first-order chi connectivity index (χ1) is 16.0. The van der Waals surface area contributed by atoms with Gasteiger partial charge in [-0.3, -0.25) is 20.2 Å². The number of fused-ring (bicyclic) bond motifs is 2. The van der Waals surface area contributed by atoms with Crippen LogP contribution >= 0.6 is 22.7 Å². The number of ether oxygens (including phenoxy) is 3. The van der Waals surface area contributed by atoms with E-state index in [-0.39, 0.29) is 13.2 Å². The number of nitrogens with zero attached hydrogens (tertiary/aromatic N) is 2. The van der Waals surface area contributed by atoms with Crippen LogP contribution in [0.2, 0.25) is 0 Å². The number of rotatable bonds is 10. The molecule has 0 spiro atoms. The van der Waals surface area contributed by atoms with Gasteiger partial charge in [0.05, 0.1) is 33.6 Å². The van der Waals surface area contributed by atoms with Crippen molar-refractivity contribution in [2.45, 2.75) is 13.8 Å². The quantitative estimate of drug-likeness (QED) is 0.344. The number of anilines is 2. The molecule has 0 atom stereocenters. The molecule has 2 aromatic heterocycles. The lowest BCUT2D eigenvalue weighted by atomic mass is 10.3. The summed E-state index contributed by atoms with van der Waals surface area (Å²) in [5.74, 6) is 0.720. The average molecular weight is 487 g/mol. The molecule has 2 aromatic carbocycles. The van der Waals surface area contributed by atoms with Crippen molar-refractivity contribution in [2.24, 2.45) is 0 Å². The SMILES string of the molecule is CCOc1ccc2nc(NC(=O)COCC(=O)Nc3nc4ccc(OCC)cc4s3)sc2c1. The second kappa shape index (κ2) is 10.6. The number of carbonyl (C=O) groups is 2. The standard InChI is InChI=1S/C22H22N4O5S2/c1-3-30-13-5-7-15-17(9-13)32-21(23-15)25-19(27)11-29-12-20(28)26-22-24-16-8-6-14(31-4-2)10-18(16)33-22/h5-10H,3-4,11-12H2,1-2H3,(H,23,25,27)(H,24,26,28). The van der Waals surface area contributed by atoms with Gasteiger partial charge in [0, 0.05) is 0 Å². The van der Waals surface area contributed by atoms with Gasteiger partial charge < -0.3 is 14.2 Å². The zero-order valence-corrected chi connectivity index (χ0v) is 19.7. The van der Waals surface area contributed by atoms with E-state index >= 15 is 0 Å². The number of carbonyl (C=O) groups excluding carboxylic acids is 2. The van der Waals surface area contributed by atoms with E-state index in [2.05, 4.69) is 20.6 Å². The van der Waals surface area contributed by atoms with Crippen molar-refractivity contribution < 1.29 is 23.8 Å². The number of nitrogens with one attached hydrogen (secondary N) is 2. The first-order valence-corrected chi connectivity index (χ1v) is 11.9. The number of hydrogen-bond acceptors (Lipinski definition) is 9. The highest BCUT2D eigenvalue weighted by Crippen LogP contribution is 2.30. The molecule has 11 heteroatoms. The van der Waals surface area contributed by atoms with Crippen molar-refractivity contribution in [1.29, 1.82) is 0 Å². The molecule has 2 heterocycles. The highest BCUT2D eigenvalue weighted by atomic mass is 32.1. The van der Waals surface area contributed by atoms with E-state index in [1.807, 2.05) is 50.2 Å². The molecule has 0 aliphatic heterocycles. The molecule has 2 amide bonds. The van der Waals surface area contributed by atoms with E-state index in [1.54, 1.807) is 0 Å². The summed E-state index contributed by atoms with van der Waals surface area (Å²) in [7, 11) is 0. The third-order valence-corrected chi connectivity index (χ3v) is 6.17. The molecule has 172 valence electrons. The lowest BCUT2D eigenvalue weighted by Gasteiger charge is -2.04. The second-order valence-corrected chi connectivity index (χ2v) is 8.81. The van der Waals surface area contributed by atoms with E-state index in [0.717, 1.165) is 31.9 Å². The van der Waals surface area contributed by atoms with Crippen molar-refractivity contribution in [3.8, 4) is 11.5 Å². The van der Waals surface area contributed by atoms with Gasteiger partial charge in [-0.1, -0.05) is 22.7 Å². The number of benzene rings is 2. The summed E-state index contributed by atoms with van der Waals surface area (Å²) in [5.41, 5.74) is 1.53. The van der Waals surface area contributed by atoms with Crippen LogP contribution in [0.3, 0.4) is 0 Å². The molecule has 0 saturated carbocycles. The van der Waals surface area contributed by atoms with E-state index in [4.69, 9.17) is 14.2 Å². The number of amides is 2. The van der Waals surface area contributed by atoms with E-state index in [1.165, 1.54) is 22.7 Å². The molecule has 0 saturated heterocycles. The Bertz CT molecular complexity index is 1190. The van der Waals surface area contributed by atoms with Crippen molar-refractivity contribution in [2.75, 3.05) is 37.1 Å². The van der Waals surface area contributed by atoms with Crippen LogP contribution in [0.5, 0.6) is 11.5 Å². The summed E-state index contributed by atoms with van der Waals surface area (Å²) in [5, 5.41) is 6.29. The van der Waals surface area contributed by atoms with Gasteiger partial charge in [0.25, 0.3) is 11.8 Å². The summed E-state index contributed by atoms with van der Waals surface area (Å²) in [6.07, 6.45) is 0. The van der Waals surface area contributed by atoms with Gasteiger partial charge in [-0.25, -0.2) is 9.97 Å². The van der Waals surface area contributed by atoms with Gasteiger partial charge in [0.1, 0.15) is 24.7 Å². The Morgan fingerprint density at radius 3 is 1.67 bits per heavy atom. The molecule has 0 aliphatic carbocycles. The smallest absolute Gasteiger partial charge is 0.252 e. The Labute approximate surface area is 197 Å². The van der Waals surface area contributed by atoms with Crippen molar-refractivity contribution in [1.82, 2.24) is 9.97 Å². The van der Waals surface area contributed by atoms with Gasteiger partial charge in [-0.05, 0) is 50.2 Å². The molecule has 2 N–H and O–H groups in total. The summed E-state index contributed by atoms with van der Waals surface area (Å²) < 4.78 is 18.0. The molecular formula is C22H22N4O5S2. The van der Waals surface area contributed by atoms with Gasteiger partial charge in [-0.2, -0.15) is 0 Å². The van der Waals surface area contributed by atoms with Crippen LogP contribution < -0.4 is 20.1 Å². The van der Waals surface area contributed by atoms with Gasteiger partial charge >= 0.3 is 0 Å². The molecule has 4 rings (SSSR count). The van der Waals surface area contributed by atoms with Crippen LogP contribution in [0.15, 0.2) is 36.4 Å². The predicted octanol–water partition coefficient (Wildman–Crippen LogP) is 4.30. The van der Waals surface area contributed by atoms with Crippen molar-refractivity contribution in [3.63, 3.8) is 0 Å². The first kappa shape index (κ1) is 22.9. The summed E-state index contributed by atoms with van der Waals surface area (Å²) in [6, 6.07) is 11.1. The monoisotopic (exact) mass is 486 g/mol. The Hall–Kier alpha value is -3.28. The van der Waals surface area contributed by atoms with Crippen molar-refractivity contribution in [3.05, 3.63) is 36.4 Å². The predicted molar refractivity (Wildman–Crippen MR) is 130 cm³/mol. The third-order valence-electron chi connectivity index (χ3n) is 4.30. The third kappa shape index (κ3) is 5.95. The number of aromatic nitrogens is 2. The van der Waals surface area contributed by atoms with Crippen LogP contribution in [0.1, 0.15) is 13.8 Å². The second-order valence-electron chi connectivity index (χ2n) is 6.75. The maximum Gasteiger partial charge on any atom is 0.252 e. The fraction of sp³-hybridized carbons (Fsp3) is 0.273. The fourth-order valence-electron chi connectivity index (χ4n) is 2.98. The minimum atomic E-state index is -0.393. The van der Waals surface area contributed by atoms with E-state index < -0.39 is 11.8 Å². The Balaban J connectivity index is 1.25. The minimum Gasteiger partial charge on any atom is -0.494 e. The molecule has 4 aromatic rings. The normalized spacial score (nSPS) is 11.0. The van der Waals surface area contributed by atoms with Crippen LogP contribution in [-0.2, 0) is 14.3 Å². The zero-order valence-electron chi connectivity index (χ0n) is 18.0. The van der Waals surface area contributed by atoms with E-state index in [9.17, 15) is 9.59 Å². The molecule has 33 heavy (non-hydrogen) atoms. The Morgan fingerprint density at radius 1 is 0.788 bits per heavy atom. The summed E-state index contributed by atoms with van der Waals surface area (Å²) in [6.45, 7) is 4.44. The lowest BCUT2D eigenvalue weighted by Crippen LogP contribution is -2.23. The zero-order chi connectivity index (χ0) is 23.2. The highest BCUT2D eigenvalue weighted by Gasteiger charge is 2.12.